The van der Waals surface area contributed by atoms with E-state index in [1.807, 2.05) is 6.92 Å². The summed E-state index contributed by atoms with van der Waals surface area (Å²) in [4.78, 5) is 0. The lowest BCUT2D eigenvalue weighted by atomic mass is 10.00. The van der Waals surface area contributed by atoms with Gasteiger partial charge in [0.25, 0.3) is 0 Å². The highest BCUT2D eigenvalue weighted by Crippen LogP contribution is 2.21. The van der Waals surface area contributed by atoms with Crippen molar-refractivity contribution in [3.05, 3.63) is 11.8 Å². The smallest absolute Gasteiger partial charge is 0.220 e. The van der Waals surface area contributed by atoms with Crippen molar-refractivity contribution in [2.24, 2.45) is 0 Å². The normalized spacial score (nSPS) is 22.4. The molecule has 2 rings (SSSR count). The zero-order chi connectivity index (χ0) is 8.39. The Morgan fingerprint density at radius 1 is 1.46 bits per heavy atom. The molecule has 0 aromatic carbocycles. The first-order valence-electron chi connectivity index (χ1n) is 4.37. The Balaban J connectivity index is 0.000000845. The molecule has 0 aliphatic carbocycles. The van der Waals surface area contributed by atoms with E-state index in [2.05, 4.69) is 15.5 Å². The van der Waals surface area contributed by atoms with E-state index in [-0.39, 0.29) is 12.4 Å². The van der Waals surface area contributed by atoms with Crippen molar-refractivity contribution in [3.8, 4) is 0 Å². The van der Waals surface area contributed by atoms with Gasteiger partial charge in [-0.1, -0.05) is 0 Å². The van der Waals surface area contributed by atoms with Gasteiger partial charge in [0, 0.05) is 19.4 Å². The zero-order valence-electron chi connectivity index (χ0n) is 7.62. The molecule has 2 heterocycles. The summed E-state index contributed by atoms with van der Waals surface area (Å²) in [5.74, 6) is 1.88. The van der Waals surface area contributed by atoms with Crippen LogP contribution in [0, 0.1) is 6.92 Å². The molecule has 4 nitrogen and oxygen atoms in total. The van der Waals surface area contributed by atoms with Crippen LogP contribution in [0.3, 0.4) is 0 Å². The second-order valence-corrected chi connectivity index (χ2v) is 3.20. The second kappa shape index (κ2) is 4.58. The molecule has 0 bridgehead atoms. The monoisotopic (exact) mass is 203 g/mol. The van der Waals surface area contributed by atoms with Crippen LogP contribution in [0.2, 0.25) is 0 Å². The van der Waals surface area contributed by atoms with Gasteiger partial charge in [0.1, 0.15) is 0 Å². The van der Waals surface area contributed by atoms with E-state index < -0.39 is 0 Å². The average molecular weight is 204 g/mol. The van der Waals surface area contributed by atoms with Crippen LogP contribution in [-0.4, -0.2) is 23.3 Å². The molecule has 13 heavy (non-hydrogen) atoms. The van der Waals surface area contributed by atoms with Crippen molar-refractivity contribution >= 4 is 12.4 Å². The maximum atomic E-state index is 5.36. The largest absolute Gasteiger partial charge is 0.425 e. The number of aryl methyl sites for hydroxylation is 1. The van der Waals surface area contributed by atoms with Crippen molar-refractivity contribution in [2.45, 2.75) is 25.7 Å². The number of hydrogen-bond donors (Lipinski definition) is 1. The van der Waals surface area contributed by atoms with E-state index >= 15 is 0 Å². The molecule has 1 fully saturated rings. The van der Waals surface area contributed by atoms with Crippen molar-refractivity contribution in [1.29, 1.82) is 0 Å². The molecule has 1 N–H and O–H groups in total. The molecule has 1 unspecified atom stereocenters. The highest BCUT2D eigenvalue weighted by atomic mass is 35.5. The number of nitrogens with one attached hydrogen (secondary N) is 1. The van der Waals surface area contributed by atoms with E-state index in [4.69, 9.17) is 4.42 Å². The predicted molar refractivity (Wildman–Crippen MR) is 51.1 cm³/mol. The fourth-order valence-electron chi connectivity index (χ4n) is 1.54. The summed E-state index contributed by atoms with van der Waals surface area (Å²) in [5, 5.41) is 11.1. The Morgan fingerprint density at radius 3 is 2.85 bits per heavy atom. The Kier molecular flexibility index (Phi) is 3.69. The first-order valence-corrected chi connectivity index (χ1v) is 4.37. The summed E-state index contributed by atoms with van der Waals surface area (Å²) in [5.41, 5.74) is 0. The zero-order valence-corrected chi connectivity index (χ0v) is 8.43. The molecule has 0 radical (unpaired) electrons. The van der Waals surface area contributed by atoms with Crippen molar-refractivity contribution in [3.63, 3.8) is 0 Å². The third kappa shape index (κ3) is 2.42. The van der Waals surface area contributed by atoms with Crippen molar-refractivity contribution in [2.75, 3.05) is 13.1 Å². The van der Waals surface area contributed by atoms with E-state index in [1.165, 1.54) is 6.42 Å². The number of aromatic nitrogens is 2. The predicted octanol–water partition coefficient (Wildman–Crippen LogP) is 1.27. The summed E-state index contributed by atoms with van der Waals surface area (Å²) in [7, 11) is 0. The lowest BCUT2D eigenvalue weighted by molar-refractivity contribution is 0.368. The lowest BCUT2D eigenvalue weighted by Gasteiger charge is -2.18. The van der Waals surface area contributed by atoms with Gasteiger partial charge in [0.05, 0.1) is 0 Å². The third-order valence-electron chi connectivity index (χ3n) is 2.19. The fraction of sp³-hybridized carbons (Fsp3) is 0.750. The van der Waals surface area contributed by atoms with Gasteiger partial charge in [0.2, 0.25) is 11.8 Å². The first kappa shape index (κ1) is 10.5. The van der Waals surface area contributed by atoms with Gasteiger partial charge in [-0.15, -0.1) is 22.6 Å². The van der Waals surface area contributed by atoms with Crippen molar-refractivity contribution in [1.82, 2.24) is 15.5 Å². The fourth-order valence-corrected chi connectivity index (χ4v) is 1.54. The Bertz CT molecular complexity index is 258. The van der Waals surface area contributed by atoms with Gasteiger partial charge in [-0.25, -0.2) is 0 Å². The van der Waals surface area contributed by atoms with Crippen LogP contribution in [0.15, 0.2) is 4.42 Å². The highest BCUT2D eigenvalue weighted by Gasteiger charge is 2.19. The minimum Gasteiger partial charge on any atom is -0.425 e. The topological polar surface area (TPSA) is 51.0 Å². The number of rotatable bonds is 1. The quantitative estimate of drug-likeness (QED) is 0.747. The van der Waals surface area contributed by atoms with Crippen LogP contribution >= 0.6 is 12.4 Å². The van der Waals surface area contributed by atoms with Gasteiger partial charge in [-0.3, -0.25) is 0 Å². The number of hydrogen-bond acceptors (Lipinski definition) is 4. The molecular formula is C8H14ClN3O. The molecule has 1 aromatic heterocycles. The standard InChI is InChI=1S/C8H13N3O.ClH/c1-6-10-11-8(12-6)7-3-2-4-9-5-7;/h7,9H,2-5H2,1H3;1H. The summed E-state index contributed by atoms with van der Waals surface area (Å²) >= 11 is 0. The second-order valence-electron chi connectivity index (χ2n) is 3.20. The summed E-state index contributed by atoms with van der Waals surface area (Å²) in [6.07, 6.45) is 2.36. The molecule has 1 atom stereocenters. The van der Waals surface area contributed by atoms with E-state index in [1.54, 1.807) is 0 Å². The third-order valence-corrected chi connectivity index (χ3v) is 2.19. The van der Waals surface area contributed by atoms with E-state index in [0.29, 0.717) is 11.8 Å². The average Bonchev–Trinajstić information content (AvgIpc) is 2.54. The molecule has 1 aromatic rings. The number of piperidine rings is 1. The molecule has 5 heteroatoms. The van der Waals surface area contributed by atoms with Crippen LogP contribution in [0.4, 0.5) is 0 Å². The van der Waals surface area contributed by atoms with Crippen LogP contribution in [0.5, 0.6) is 0 Å². The van der Waals surface area contributed by atoms with Crippen LogP contribution < -0.4 is 5.32 Å². The van der Waals surface area contributed by atoms with Gasteiger partial charge >= 0.3 is 0 Å². The molecule has 1 aliphatic heterocycles. The maximum absolute atomic E-state index is 5.36. The summed E-state index contributed by atoms with van der Waals surface area (Å²) < 4.78 is 5.36. The van der Waals surface area contributed by atoms with E-state index in [9.17, 15) is 0 Å². The Hall–Kier alpha value is -0.610. The van der Waals surface area contributed by atoms with Gasteiger partial charge in [-0.05, 0) is 19.4 Å². The molecule has 0 amide bonds. The first-order chi connectivity index (χ1) is 5.86. The molecule has 1 aliphatic rings. The molecule has 1 saturated heterocycles. The Morgan fingerprint density at radius 2 is 2.31 bits per heavy atom. The van der Waals surface area contributed by atoms with Crippen LogP contribution in [-0.2, 0) is 0 Å². The van der Waals surface area contributed by atoms with Gasteiger partial charge in [-0.2, -0.15) is 0 Å². The molecule has 74 valence electrons. The molecular weight excluding hydrogens is 190 g/mol. The van der Waals surface area contributed by atoms with Crippen LogP contribution in [0.1, 0.15) is 30.5 Å². The summed E-state index contributed by atoms with van der Waals surface area (Å²) in [6.45, 7) is 3.91. The maximum Gasteiger partial charge on any atom is 0.220 e. The minimum atomic E-state index is 0. The van der Waals surface area contributed by atoms with Gasteiger partial charge < -0.3 is 9.73 Å². The summed E-state index contributed by atoms with van der Waals surface area (Å²) in [6, 6.07) is 0. The number of halogens is 1. The van der Waals surface area contributed by atoms with E-state index in [0.717, 1.165) is 25.4 Å². The highest BCUT2D eigenvalue weighted by molar-refractivity contribution is 5.85. The minimum absolute atomic E-state index is 0. The molecule has 0 spiro atoms. The SMILES string of the molecule is Cc1nnc(C2CCCNC2)o1.Cl. The van der Waals surface area contributed by atoms with Crippen LogP contribution in [0.25, 0.3) is 0 Å². The number of nitrogens with zero attached hydrogens (tertiary/aromatic N) is 2. The lowest BCUT2D eigenvalue weighted by Crippen LogP contribution is -2.28. The Labute approximate surface area is 83.5 Å². The molecule has 0 saturated carbocycles. The van der Waals surface area contributed by atoms with Crippen molar-refractivity contribution < 1.29 is 4.42 Å². The van der Waals surface area contributed by atoms with Gasteiger partial charge in [0.15, 0.2) is 0 Å².